The molecule has 0 heterocycles. The number of carbonyl (C=O) groups excluding carboxylic acids is 2. The molecule has 47 heavy (non-hydrogen) atoms. The van der Waals surface area contributed by atoms with E-state index >= 15 is 0 Å². The fourth-order valence-electron chi connectivity index (χ4n) is 5.91. The number of esters is 2. The lowest BCUT2D eigenvalue weighted by Gasteiger charge is -2.27. The Labute approximate surface area is 276 Å². The second-order valence-electron chi connectivity index (χ2n) is 12.4. The van der Waals surface area contributed by atoms with E-state index in [2.05, 4.69) is 28.5 Å². The third-order valence-corrected chi connectivity index (χ3v) is 8.76. The normalized spacial score (nSPS) is 17.2. The van der Waals surface area contributed by atoms with Gasteiger partial charge in [0.2, 0.25) is 0 Å². The topological polar surface area (TPSA) is 71.1 Å². The Morgan fingerprint density at radius 3 is 1.98 bits per heavy atom. The van der Waals surface area contributed by atoms with Crippen LogP contribution in [0.1, 0.15) is 125 Å². The highest BCUT2D eigenvalue weighted by molar-refractivity contribution is 5.90. The molecule has 6 nitrogen and oxygen atoms in total. The molecule has 0 bridgehead atoms. The van der Waals surface area contributed by atoms with Gasteiger partial charge in [-0.1, -0.05) is 76.8 Å². The average molecular weight is 667 g/mol. The van der Waals surface area contributed by atoms with Gasteiger partial charge in [0.15, 0.2) is 6.10 Å². The average Bonchev–Trinajstić information content (AvgIpc) is 3.05. The molecule has 0 saturated heterocycles. The van der Waals surface area contributed by atoms with Gasteiger partial charge in [-0.05, 0) is 67.9 Å². The Balaban J connectivity index is 1.37. The van der Waals surface area contributed by atoms with Crippen LogP contribution in [0.15, 0.2) is 42.5 Å². The van der Waals surface area contributed by atoms with Gasteiger partial charge in [0.25, 0.3) is 0 Å². The maximum atomic E-state index is 14.6. The summed E-state index contributed by atoms with van der Waals surface area (Å²) in [6.45, 7) is 2.66. The van der Waals surface area contributed by atoms with Crippen LogP contribution in [0.4, 0.5) is 17.6 Å². The Morgan fingerprint density at radius 2 is 1.40 bits per heavy atom. The van der Waals surface area contributed by atoms with Gasteiger partial charge in [0.05, 0.1) is 24.7 Å². The van der Waals surface area contributed by atoms with E-state index < -0.39 is 42.0 Å². The predicted molar refractivity (Wildman–Crippen MR) is 172 cm³/mol. The molecule has 1 atom stereocenters. The molecule has 0 aliphatic heterocycles. The van der Waals surface area contributed by atoms with Gasteiger partial charge in [-0.2, -0.15) is 13.2 Å². The smallest absolute Gasteiger partial charge is 0.425 e. The Kier molecular flexibility index (Phi) is 16.5. The third kappa shape index (κ3) is 13.5. The summed E-state index contributed by atoms with van der Waals surface area (Å²) in [5.74, 6) is -2.45. The second-order valence-corrected chi connectivity index (χ2v) is 12.4. The molecule has 1 aliphatic rings. The standard InChI is InChI=1S/C37H50F4O6/c1-3-4-5-6-7-8-9-10-11-12-24-45-30-19-17-28(18-20-30)27-13-15-29(16-14-27)35(42)46-31-21-22-32(33(38)26-31)36(43)47-34(23-25-44-2)37(39,40)41/h17-22,26-27,29,34H,3-16,23-25H2,1-2H3/t27?,29?,34-/m1/s1. The number of methoxy groups -OCH3 is 1. The first-order chi connectivity index (χ1) is 22.6. The minimum atomic E-state index is -4.83. The van der Waals surface area contributed by atoms with Crippen molar-refractivity contribution in [2.75, 3.05) is 20.3 Å². The summed E-state index contributed by atoms with van der Waals surface area (Å²) < 4.78 is 74.6. The van der Waals surface area contributed by atoms with Crippen molar-refractivity contribution in [3.63, 3.8) is 0 Å². The van der Waals surface area contributed by atoms with Crippen molar-refractivity contribution in [1.82, 2.24) is 0 Å². The zero-order valence-electron chi connectivity index (χ0n) is 27.8. The molecule has 1 saturated carbocycles. The number of halogens is 4. The molecule has 0 aromatic heterocycles. The Bertz CT molecular complexity index is 1210. The maximum Gasteiger partial charge on any atom is 0.425 e. The number of hydrogen-bond acceptors (Lipinski definition) is 6. The number of hydrogen-bond donors (Lipinski definition) is 0. The predicted octanol–water partition coefficient (Wildman–Crippen LogP) is 10.1. The lowest BCUT2D eigenvalue weighted by molar-refractivity contribution is -0.208. The highest BCUT2D eigenvalue weighted by Crippen LogP contribution is 2.37. The van der Waals surface area contributed by atoms with Gasteiger partial charge >= 0.3 is 18.1 Å². The number of carbonyl (C=O) groups is 2. The van der Waals surface area contributed by atoms with Crippen LogP contribution < -0.4 is 9.47 Å². The summed E-state index contributed by atoms with van der Waals surface area (Å²) in [5, 5.41) is 0. The summed E-state index contributed by atoms with van der Waals surface area (Å²) in [7, 11) is 1.22. The van der Waals surface area contributed by atoms with Crippen molar-refractivity contribution in [3.8, 4) is 11.5 Å². The summed E-state index contributed by atoms with van der Waals surface area (Å²) in [5.41, 5.74) is 0.509. The number of benzene rings is 2. The minimum Gasteiger partial charge on any atom is -0.494 e. The molecule has 0 amide bonds. The first-order valence-corrected chi connectivity index (χ1v) is 17.1. The van der Waals surface area contributed by atoms with Crippen molar-refractivity contribution in [2.24, 2.45) is 5.92 Å². The lowest BCUT2D eigenvalue weighted by Crippen LogP contribution is -2.35. The molecule has 0 unspecified atom stereocenters. The molecule has 2 aromatic carbocycles. The second kappa shape index (κ2) is 20.3. The molecular weight excluding hydrogens is 616 g/mol. The zero-order chi connectivity index (χ0) is 34.1. The van der Waals surface area contributed by atoms with E-state index in [1.807, 2.05) is 12.1 Å². The SMILES string of the molecule is CCCCCCCCCCCCOc1ccc(C2CCC(C(=O)Oc3ccc(C(=O)O[C@H](CCOC)C(F)(F)F)c(F)c3)CC2)cc1. The number of unbranched alkanes of at least 4 members (excludes halogenated alkanes) is 9. The largest absolute Gasteiger partial charge is 0.494 e. The molecule has 1 aliphatic carbocycles. The molecule has 10 heteroatoms. The van der Waals surface area contributed by atoms with Crippen molar-refractivity contribution >= 4 is 11.9 Å². The quantitative estimate of drug-likeness (QED) is 0.0606. The van der Waals surface area contributed by atoms with Crippen molar-refractivity contribution < 1.29 is 46.1 Å². The van der Waals surface area contributed by atoms with Crippen molar-refractivity contribution in [1.29, 1.82) is 0 Å². The van der Waals surface area contributed by atoms with Crippen LogP contribution in [0, 0.1) is 11.7 Å². The number of ether oxygens (including phenoxy) is 4. The highest BCUT2D eigenvalue weighted by Gasteiger charge is 2.43. The molecule has 2 aromatic rings. The van der Waals surface area contributed by atoms with Crippen LogP contribution in [-0.2, 0) is 14.3 Å². The Morgan fingerprint density at radius 1 is 0.809 bits per heavy atom. The van der Waals surface area contributed by atoms with E-state index in [0.29, 0.717) is 25.4 Å². The summed E-state index contributed by atoms with van der Waals surface area (Å²) in [4.78, 5) is 25.0. The van der Waals surface area contributed by atoms with E-state index in [9.17, 15) is 27.2 Å². The zero-order valence-corrected chi connectivity index (χ0v) is 27.8. The Hall–Kier alpha value is -3.14. The van der Waals surface area contributed by atoms with E-state index in [4.69, 9.17) is 9.47 Å². The maximum absolute atomic E-state index is 14.6. The number of rotatable bonds is 20. The molecule has 0 spiro atoms. The monoisotopic (exact) mass is 666 g/mol. The van der Waals surface area contributed by atoms with Crippen LogP contribution in [0.3, 0.4) is 0 Å². The third-order valence-electron chi connectivity index (χ3n) is 8.76. The lowest BCUT2D eigenvalue weighted by atomic mass is 9.79. The fraction of sp³-hybridized carbons (Fsp3) is 0.622. The molecule has 1 fully saturated rings. The highest BCUT2D eigenvalue weighted by atomic mass is 19.4. The van der Waals surface area contributed by atoms with Gasteiger partial charge in [-0.25, -0.2) is 9.18 Å². The van der Waals surface area contributed by atoms with Crippen LogP contribution in [0.25, 0.3) is 0 Å². The van der Waals surface area contributed by atoms with Gasteiger partial charge in [-0.3, -0.25) is 4.79 Å². The van der Waals surface area contributed by atoms with E-state index in [1.54, 1.807) is 0 Å². The van der Waals surface area contributed by atoms with E-state index in [0.717, 1.165) is 37.1 Å². The van der Waals surface area contributed by atoms with Crippen LogP contribution in [0.2, 0.25) is 0 Å². The fourth-order valence-corrected chi connectivity index (χ4v) is 5.91. The minimum absolute atomic E-state index is 0.133. The van der Waals surface area contributed by atoms with Crippen LogP contribution in [0.5, 0.6) is 11.5 Å². The van der Waals surface area contributed by atoms with Crippen molar-refractivity contribution in [2.45, 2.75) is 121 Å². The molecule has 262 valence electrons. The molecule has 0 radical (unpaired) electrons. The van der Waals surface area contributed by atoms with Crippen LogP contribution >= 0.6 is 0 Å². The molecule has 0 N–H and O–H groups in total. The van der Waals surface area contributed by atoms with Crippen LogP contribution in [-0.4, -0.2) is 44.5 Å². The molecular formula is C37H50F4O6. The summed E-state index contributed by atoms with van der Waals surface area (Å²) in [6.07, 6.45) is 7.76. The first-order valence-electron chi connectivity index (χ1n) is 17.1. The summed E-state index contributed by atoms with van der Waals surface area (Å²) >= 11 is 0. The first kappa shape index (κ1) is 38.3. The van der Waals surface area contributed by atoms with Gasteiger partial charge in [-0.15, -0.1) is 0 Å². The number of alkyl halides is 3. The van der Waals surface area contributed by atoms with Gasteiger partial charge in [0, 0.05) is 19.6 Å². The molecule has 3 rings (SSSR count). The van der Waals surface area contributed by atoms with E-state index in [-0.39, 0.29) is 18.3 Å². The van der Waals surface area contributed by atoms with Gasteiger partial charge in [0.1, 0.15) is 17.3 Å². The van der Waals surface area contributed by atoms with Crippen molar-refractivity contribution in [3.05, 3.63) is 59.4 Å². The van der Waals surface area contributed by atoms with E-state index in [1.165, 1.54) is 76.5 Å². The summed E-state index contributed by atoms with van der Waals surface area (Å²) in [6, 6.07) is 11.1. The van der Waals surface area contributed by atoms with Gasteiger partial charge < -0.3 is 18.9 Å².